The molecule has 0 N–H and O–H groups in total. The van der Waals surface area contributed by atoms with Crippen LogP contribution in [0.25, 0.3) is 0 Å². The molecule has 158 valence electrons. The van der Waals surface area contributed by atoms with Gasteiger partial charge in [0, 0.05) is 17.5 Å². The second-order valence-electron chi connectivity index (χ2n) is 7.59. The number of esters is 1. The number of carbonyl (C=O) groups is 3. The van der Waals surface area contributed by atoms with E-state index in [4.69, 9.17) is 4.74 Å². The summed E-state index contributed by atoms with van der Waals surface area (Å²) in [5, 5.41) is 0. The van der Waals surface area contributed by atoms with Crippen LogP contribution in [0.5, 0.6) is 0 Å². The van der Waals surface area contributed by atoms with Crippen LogP contribution in [0.4, 0.5) is 0 Å². The van der Waals surface area contributed by atoms with Gasteiger partial charge in [-0.1, -0.05) is 78.9 Å². The first-order valence-electron chi connectivity index (χ1n) is 10.3. The van der Waals surface area contributed by atoms with Gasteiger partial charge in [-0.25, -0.2) is 0 Å². The molecule has 0 bridgehead atoms. The summed E-state index contributed by atoms with van der Waals surface area (Å²) >= 11 is 0. The number of rotatable bonds is 8. The summed E-state index contributed by atoms with van der Waals surface area (Å²) in [6.45, 7) is 5.67. The normalized spacial score (nSPS) is 12.6. The van der Waals surface area contributed by atoms with Gasteiger partial charge in [0.2, 0.25) is 0 Å². The van der Waals surface area contributed by atoms with E-state index in [1.54, 1.807) is 67.6 Å². The molecule has 0 aromatic heterocycles. The van der Waals surface area contributed by atoms with Crippen LogP contribution in [0.1, 0.15) is 50.8 Å². The van der Waals surface area contributed by atoms with Crippen LogP contribution < -0.4 is 0 Å². The number of aryl methyl sites for hydroxylation is 2. The predicted molar refractivity (Wildman–Crippen MR) is 120 cm³/mol. The van der Waals surface area contributed by atoms with Crippen molar-refractivity contribution < 1.29 is 19.1 Å². The predicted octanol–water partition coefficient (Wildman–Crippen LogP) is 5.26. The highest BCUT2D eigenvalue weighted by Gasteiger charge is 2.50. The molecule has 0 spiro atoms. The minimum Gasteiger partial charge on any atom is -0.465 e. The van der Waals surface area contributed by atoms with Gasteiger partial charge in [-0.15, -0.1) is 0 Å². The number of ether oxygens (including phenoxy) is 1. The molecular weight excluding hydrogens is 388 g/mol. The Kier molecular flexibility index (Phi) is 6.81. The summed E-state index contributed by atoms with van der Waals surface area (Å²) in [6, 6.07) is 22.7. The highest BCUT2D eigenvalue weighted by molar-refractivity contribution is 6.20. The third-order valence-electron chi connectivity index (χ3n) is 5.57. The van der Waals surface area contributed by atoms with Gasteiger partial charge in [0.25, 0.3) is 0 Å². The molecule has 0 heterocycles. The molecule has 4 heteroatoms. The smallest absolute Gasteiger partial charge is 0.325 e. The maximum absolute atomic E-state index is 13.9. The first kappa shape index (κ1) is 22.2. The van der Waals surface area contributed by atoms with E-state index in [0.717, 1.165) is 11.1 Å². The fourth-order valence-electron chi connectivity index (χ4n) is 3.66. The SMILES string of the molecule is CCOC(=O)[C@@](CC(=O)c1ccccc1)(C(=O)c1ccccc1)c1ccc(C)c(C)c1. The lowest BCUT2D eigenvalue weighted by Gasteiger charge is -2.31. The van der Waals surface area contributed by atoms with Crippen molar-refractivity contribution in [3.63, 3.8) is 0 Å². The van der Waals surface area contributed by atoms with E-state index in [-0.39, 0.29) is 18.8 Å². The molecule has 0 saturated heterocycles. The Hall–Kier alpha value is -3.53. The quantitative estimate of drug-likeness (QED) is 0.287. The molecule has 0 fully saturated rings. The number of hydrogen-bond donors (Lipinski definition) is 0. The van der Waals surface area contributed by atoms with Crippen molar-refractivity contribution in [3.05, 3.63) is 107 Å². The van der Waals surface area contributed by atoms with Crippen LogP contribution in [-0.4, -0.2) is 24.1 Å². The highest BCUT2D eigenvalue weighted by atomic mass is 16.5. The van der Waals surface area contributed by atoms with Gasteiger partial charge < -0.3 is 4.74 Å². The Balaban J connectivity index is 2.24. The van der Waals surface area contributed by atoms with E-state index in [9.17, 15) is 14.4 Å². The Morgan fingerprint density at radius 2 is 1.35 bits per heavy atom. The monoisotopic (exact) mass is 414 g/mol. The number of Topliss-reactive ketones (excluding diaryl/α,β-unsaturated/α-hetero) is 2. The zero-order chi connectivity index (χ0) is 22.4. The zero-order valence-corrected chi connectivity index (χ0v) is 18.1. The summed E-state index contributed by atoms with van der Waals surface area (Å²) in [6.07, 6.45) is -0.313. The van der Waals surface area contributed by atoms with Crippen molar-refractivity contribution in [2.75, 3.05) is 6.61 Å². The molecule has 3 aromatic rings. The standard InChI is InChI=1S/C27H26O4/c1-4-31-26(30)27(23-16-15-19(2)20(3)17-23,25(29)22-13-9-6-10-14-22)18-24(28)21-11-7-5-8-12-21/h5-17H,4,18H2,1-3H3/t27-/m1/s1. The molecule has 0 saturated carbocycles. The summed E-state index contributed by atoms with van der Waals surface area (Å²) in [5.74, 6) is -1.45. The van der Waals surface area contributed by atoms with E-state index in [1.165, 1.54) is 0 Å². The summed E-state index contributed by atoms with van der Waals surface area (Å²) in [5.41, 5.74) is 1.45. The molecule has 0 aliphatic carbocycles. The molecule has 0 amide bonds. The second-order valence-corrected chi connectivity index (χ2v) is 7.59. The molecule has 1 atom stereocenters. The molecular formula is C27H26O4. The molecule has 3 aromatic carbocycles. The van der Waals surface area contributed by atoms with Crippen LogP contribution in [0.2, 0.25) is 0 Å². The maximum Gasteiger partial charge on any atom is 0.325 e. The van der Waals surface area contributed by atoms with Crippen molar-refractivity contribution in [1.82, 2.24) is 0 Å². The van der Waals surface area contributed by atoms with Crippen LogP contribution in [0.15, 0.2) is 78.9 Å². The molecule has 0 aliphatic heterocycles. The third-order valence-corrected chi connectivity index (χ3v) is 5.57. The second kappa shape index (κ2) is 9.52. The molecule has 4 nitrogen and oxygen atoms in total. The molecule has 0 radical (unpaired) electrons. The zero-order valence-electron chi connectivity index (χ0n) is 18.1. The summed E-state index contributed by atoms with van der Waals surface area (Å²) < 4.78 is 5.40. The van der Waals surface area contributed by atoms with Gasteiger partial charge in [-0.3, -0.25) is 14.4 Å². The molecule has 0 unspecified atom stereocenters. The first-order valence-corrected chi connectivity index (χ1v) is 10.3. The lowest BCUT2D eigenvalue weighted by atomic mass is 9.70. The Labute approximate surface area is 182 Å². The largest absolute Gasteiger partial charge is 0.465 e. The van der Waals surface area contributed by atoms with Crippen molar-refractivity contribution >= 4 is 17.5 Å². The average molecular weight is 415 g/mol. The molecule has 3 rings (SSSR count). The minimum atomic E-state index is -1.78. The number of benzene rings is 3. The number of hydrogen-bond acceptors (Lipinski definition) is 4. The van der Waals surface area contributed by atoms with Crippen molar-refractivity contribution in [2.45, 2.75) is 32.6 Å². The molecule has 0 aliphatic rings. The average Bonchev–Trinajstić information content (AvgIpc) is 2.80. The van der Waals surface area contributed by atoms with E-state index in [0.29, 0.717) is 16.7 Å². The van der Waals surface area contributed by atoms with Crippen molar-refractivity contribution in [3.8, 4) is 0 Å². The fraction of sp³-hybridized carbons (Fsp3) is 0.222. The van der Waals surface area contributed by atoms with Crippen LogP contribution in [-0.2, 0) is 14.9 Å². The van der Waals surface area contributed by atoms with Gasteiger partial charge in [-0.2, -0.15) is 0 Å². The highest BCUT2D eigenvalue weighted by Crippen LogP contribution is 2.36. The minimum absolute atomic E-state index is 0.104. The lowest BCUT2D eigenvalue weighted by Crippen LogP contribution is -2.47. The lowest BCUT2D eigenvalue weighted by molar-refractivity contribution is -0.148. The van der Waals surface area contributed by atoms with E-state index in [1.807, 2.05) is 32.0 Å². The fourth-order valence-corrected chi connectivity index (χ4v) is 3.66. The van der Waals surface area contributed by atoms with E-state index >= 15 is 0 Å². The van der Waals surface area contributed by atoms with Gasteiger partial charge in [0.1, 0.15) is 0 Å². The number of carbonyl (C=O) groups excluding carboxylic acids is 3. The maximum atomic E-state index is 13.9. The Bertz CT molecular complexity index is 1090. The van der Waals surface area contributed by atoms with E-state index < -0.39 is 17.2 Å². The Morgan fingerprint density at radius 1 is 0.774 bits per heavy atom. The summed E-state index contributed by atoms with van der Waals surface area (Å²) in [4.78, 5) is 40.6. The number of ketones is 2. The first-order chi connectivity index (χ1) is 14.9. The van der Waals surface area contributed by atoms with E-state index in [2.05, 4.69) is 0 Å². The summed E-state index contributed by atoms with van der Waals surface area (Å²) in [7, 11) is 0. The van der Waals surface area contributed by atoms with Gasteiger partial charge in [0.15, 0.2) is 17.0 Å². The third kappa shape index (κ3) is 4.48. The van der Waals surface area contributed by atoms with Crippen LogP contribution in [0, 0.1) is 13.8 Å². The van der Waals surface area contributed by atoms with Gasteiger partial charge in [-0.05, 0) is 37.5 Å². The topological polar surface area (TPSA) is 60.4 Å². The van der Waals surface area contributed by atoms with Gasteiger partial charge >= 0.3 is 5.97 Å². The van der Waals surface area contributed by atoms with Crippen LogP contribution >= 0.6 is 0 Å². The molecule has 31 heavy (non-hydrogen) atoms. The Morgan fingerprint density at radius 3 is 1.90 bits per heavy atom. The van der Waals surface area contributed by atoms with Crippen molar-refractivity contribution in [2.24, 2.45) is 0 Å². The van der Waals surface area contributed by atoms with Gasteiger partial charge in [0.05, 0.1) is 6.61 Å². The van der Waals surface area contributed by atoms with Crippen LogP contribution in [0.3, 0.4) is 0 Å². The van der Waals surface area contributed by atoms with Crippen molar-refractivity contribution in [1.29, 1.82) is 0 Å².